The standard InChI is InChI=1S/C21H27N3O3/c1-15-21(26)19(17(14-25)11-23-15)12-22-13-20(24-9-3-4-10-24)16-5-7-18(27-2)8-6-16/h5-8,11-12,20,25-26H,3-4,9-10,13-14H2,1-2H3/p+1/t20-/m0/s1. The SMILES string of the molecule is COc1ccc([C@H](CN=Cc2c(CO)cnc(C)c2O)[NH+]2CCCC2)cc1. The number of methoxy groups -OCH3 is 1. The van der Waals surface area contributed by atoms with Crippen LogP contribution in [0.5, 0.6) is 11.5 Å². The maximum atomic E-state index is 10.3. The number of nitrogens with one attached hydrogen (secondary N) is 1. The van der Waals surface area contributed by atoms with Gasteiger partial charge in [0.05, 0.1) is 39.0 Å². The Labute approximate surface area is 160 Å². The number of aliphatic hydroxyl groups is 1. The van der Waals surface area contributed by atoms with Gasteiger partial charge in [-0.05, 0) is 31.2 Å². The minimum Gasteiger partial charge on any atom is -0.505 e. The van der Waals surface area contributed by atoms with Gasteiger partial charge in [-0.25, -0.2) is 0 Å². The van der Waals surface area contributed by atoms with Gasteiger partial charge in [0, 0.05) is 41.9 Å². The number of quaternary nitrogens is 1. The monoisotopic (exact) mass is 370 g/mol. The Morgan fingerprint density at radius 3 is 2.59 bits per heavy atom. The largest absolute Gasteiger partial charge is 0.505 e. The molecule has 2 aromatic rings. The number of pyridine rings is 1. The lowest BCUT2D eigenvalue weighted by atomic mass is 10.1. The Kier molecular flexibility index (Phi) is 6.42. The van der Waals surface area contributed by atoms with Crippen molar-refractivity contribution in [3.8, 4) is 11.5 Å². The average molecular weight is 370 g/mol. The quantitative estimate of drug-likeness (QED) is 0.645. The summed E-state index contributed by atoms with van der Waals surface area (Å²) < 4.78 is 5.27. The molecule has 0 aliphatic carbocycles. The van der Waals surface area contributed by atoms with Crippen molar-refractivity contribution in [2.24, 2.45) is 4.99 Å². The number of aliphatic imine (C=N–C) groups is 1. The normalized spacial score (nSPS) is 16.1. The maximum Gasteiger partial charge on any atom is 0.145 e. The van der Waals surface area contributed by atoms with E-state index in [1.54, 1.807) is 26.4 Å². The first-order chi connectivity index (χ1) is 13.1. The number of rotatable bonds is 7. The van der Waals surface area contributed by atoms with Gasteiger partial charge in [0.25, 0.3) is 0 Å². The highest BCUT2D eigenvalue weighted by Crippen LogP contribution is 2.22. The molecule has 27 heavy (non-hydrogen) atoms. The molecule has 1 aliphatic rings. The highest BCUT2D eigenvalue weighted by molar-refractivity contribution is 5.85. The van der Waals surface area contributed by atoms with Gasteiger partial charge in [-0.1, -0.05) is 0 Å². The number of ether oxygens (including phenoxy) is 1. The van der Waals surface area contributed by atoms with Crippen molar-refractivity contribution in [2.75, 3.05) is 26.7 Å². The molecule has 1 aliphatic heterocycles. The van der Waals surface area contributed by atoms with Crippen LogP contribution in [0.3, 0.4) is 0 Å². The number of aromatic hydroxyl groups is 1. The number of likely N-dealkylation sites (tertiary alicyclic amines) is 1. The van der Waals surface area contributed by atoms with Gasteiger partial charge in [-0.3, -0.25) is 9.98 Å². The lowest BCUT2D eigenvalue weighted by Crippen LogP contribution is -3.10. The van der Waals surface area contributed by atoms with Crippen LogP contribution < -0.4 is 9.64 Å². The van der Waals surface area contributed by atoms with Crippen molar-refractivity contribution >= 4 is 6.21 Å². The summed E-state index contributed by atoms with van der Waals surface area (Å²) in [6, 6.07) is 8.46. The minimum absolute atomic E-state index is 0.0832. The van der Waals surface area contributed by atoms with Gasteiger partial charge < -0.3 is 19.8 Å². The van der Waals surface area contributed by atoms with E-state index in [1.807, 2.05) is 12.1 Å². The molecule has 0 saturated carbocycles. The van der Waals surface area contributed by atoms with Gasteiger partial charge >= 0.3 is 0 Å². The zero-order valence-electron chi connectivity index (χ0n) is 16.0. The summed E-state index contributed by atoms with van der Waals surface area (Å²) in [6.45, 7) is 4.47. The molecule has 0 unspecified atom stereocenters. The molecule has 1 saturated heterocycles. The molecule has 0 radical (unpaired) electrons. The van der Waals surface area contributed by atoms with Crippen molar-refractivity contribution in [1.82, 2.24) is 4.98 Å². The highest BCUT2D eigenvalue weighted by Gasteiger charge is 2.27. The molecule has 1 fully saturated rings. The first-order valence-electron chi connectivity index (χ1n) is 9.40. The van der Waals surface area contributed by atoms with Crippen LogP contribution >= 0.6 is 0 Å². The van der Waals surface area contributed by atoms with Crippen LogP contribution in [0.2, 0.25) is 0 Å². The van der Waals surface area contributed by atoms with Gasteiger partial charge in [0.1, 0.15) is 17.5 Å². The Bertz CT molecular complexity index is 784. The molecule has 3 rings (SSSR count). The molecule has 3 N–H and O–H groups in total. The molecule has 6 heteroatoms. The fourth-order valence-electron chi connectivity index (χ4n) is 3.66. The number of aryl methyl sites for hydroxylation is 1. The predicted octanol–water partition coefficient (Wildman–Crippen LogP) is 1.44. The molecule has 6 nitrogen and oxygen atoms in total. The van der Waals surface area contributed by atoms with E-state index in [-0.39, 0.29) is 18.4 Å². The maximum absolute atomic E-state index is 10.3. The Balaban J connectivity index is 1.82. The number of aromatic nitrogens is 1. The smallest absolute Gasteiger partial charge is 0.145 e. The fraction of sp³-hybridized carbons (Fsp3) is 0.429. The highest BCUT2D eigenvalue weighted by atomic mass is 16.5. The Morgan fingerprint density at radius 2 is 1.96 bits per heavy atom. The van der Waals surface area contributed by atoms with Crippen LogP contribution in [0.4, 0.5) is 0 Å². The van der Waals surface area contributed by atoms with Gasteiger partial charge in [-0.15, -0.1) is 0 Å². The van der Waals surface area contributed by atoms with Crippen molar-refractivity contribution in [3.05, 3.63) is 52.8 Å². The molecule has 1 aromatic carbocycles. The predicted molar refractivity (Wildman–Crippen MR) is 105 cm³/mol. The number of hydrogen-bond donors (Lipinski definition) is 3. The summed E-state index contributed by atoms with van der Waals surface area (Å²) in [6.07, 6.45) is 5.74. The molecule has 1 aromatic heterocycles. The lowest BCUT2D eigenvalue weighted by molar-refractivity contribution is -0.918. The zero-order chi connectivity index (χ0) is 19.2. The van der Waals surface area contributed by atoms with Gasteiger partial charge in [0.15, 0.2) is 0 Å². The topological polar surface area (TPSA) is 79.4 Å². The van der Waals surface area contributed by atoms with Gasteiger partial charge in [0.2, 0.25) is 0 Å². The van der Waals surface area contributed by atoms with E-state index in [1.165, 1.54) is 23.3 Å². The lowest BCUT2D eigenvalue weighted by Gasteiger charge is -2.23. The van der Waals surface area contributed by atoms with Crippen LogP contribution in [-0.2, 0) is 6.61 Å². The molecule has 0 bridgehead atoms. The average Bonchev–Trinajstić information content (AvgIpc) is 3.23. The number of benzene rings is 1. The third-order valence-corrected chi connectivity index (χ3v) is 5.29. The van der Waals surface area contributed by atoms with E-state index >= 15 is 0 Å². The summed E-state index contributed by atoms with van der Waals surface area (Å²) in [5.74, 6) is 0.932. The molecular formula is C21H28N3O3+. The van der Waals surface area contributed by atoms with Crippen LogP contribution in [0.1, 0.15) is 41.3 Å². The first-order valence-corrected chi connectivity index (χ1v) is 9.40. The Hall–Kier alpha value is -2.44. The second-order valence-corrected chi connectivity index (χ2v) is 6.97. The zero-order valence-corrected chi connectivity index (χ0v) is 16.0. The molecule has 0 spiro atoms. The fourth-order valence-corrected chi connectivity index (χ4v) is 3.66. The summed E-state index contributed by atoms with van der Waals surface area (Å²) in [5.41, 5.74) is 2.90. The number of hydrogen-bond acceptors (Lipinski definition) is 5. The van der Waals surface area contributed by atoms with Crippen molar-refractivity contribution in [3.63, 3.8) is 0 Å². The van der Waals surface area contributed by atoms with Crippen molar-refractivity contribution < 1.29 is 19.8 Å². The van der Waals surface area contributed by atoms with Gasteiger partial charge in [-0.2, -0.15) is 0 Å². The van der Waals surface area contributed by atoms with Crippen molar-refractivity contribution in [2.45, 2.75) is 32.4 Å². The van der Waals surface area contributed by atoms with Crippen LogP contribution in [0.25, 0.3) is 0 Å². The molecule has 0 amide bonds. The van der Waals surface area contributed by atoms with E-state index < -0.39 is 0 Å². The van der Waals surface area contributed by atoms with Crippen molar-refractivity contribution in [1.29, 1.82) is 0 Å². The summed E-state index contributed by atoms with van der Waals surface area (Å²) in [5, 5.41) is 19.8. The van der Waals surface area contributed by atoms with E-state index in [9.17, 15) is 10.2 Å². The minimum atomic E-state index is -0.179. The third-order valence-electron chi connectivity index (χ3n) is 5.29. The number of aliphatic hydroxyl groups excluding tert-OH is 1. The van der Waals surface area contributed by atoms with Crippen LogP contribution in [0, 0.1) is 6.92 Å². The number of nitrogens with zero attached hydrogens (tertiary/aromatic N) is 2. The van der Waals surface area contributed by atoms with E-state index in [4.69, 9.17) is 4.74 Å². The second-order valence-electron chi connectivity index (χ2n) is 6.97. The Morgan fingerprint density at radius 1 is 1.26 bits per heavy atom. The molecular weight excluding hydrogens is 342 g/mol. The van der Waals surface area contributed by atoms with E-state index in [0.717, 1.165) is 18.8 Å². The molecule has 2 heterocycles. The third kappa shape index (κ3) is 4.46. The van der Waals surface area contributed by atoms with Crippen LogP contribution in [-0.4, -0.2) is 48.2 Å². The molecule has 1 atom stereocenters. The summed E-state index contributed by atoms with van der Waals surface area (Å²) in [7, 11) is 1.67. The summed E-state index contributed by atoms with van der Waals surface area (Å²) >= 11 is 0. The molecule has 144 valence electrons. The van der Waals surface area contributed by atoms with Crippen LogP contribution in [0.15, 0.2) is 35.5 Å². The first kappa shape index (κ1) is 19.3. The summed E-state index contributed by atoms with van der Waals surface area (Å²) in [4.78, 5) is 10.3. The van der Waals surface area contributed by atoms with E-state index in [2.05, 4.69) is 22.1 Å². The van der Waals surface area contributed by atoms with E-state index in [0.29, 0.717) is 23.4 Å². The second kappa shape index (κ2) is 8.97.